The van der Waals surface area contributed by atoms with E-state index < -0.39 is 35.0 Å². The number of hydrogen-bond donors (Lipinski definition) is 1. The summed E-state index contributed by atoms with van der Waals surface area (Å²) in [5, 5.41) is 9.55. The number of aliphatic hydroxyl groups excluding tert-OH is 1. The molecule has 3 aliphatic heterocycles. The molecule has 4 fully saturated rings. The van der Waals surface area contributed by atoms with E-state index >= 15 is 0 Å². The van der Waals surface area contributed by atoms with E-state index in [0.717, 1.165) is 25.7 Å². The van der Waals surface area contributed by atoms with Crippen LogP contribution in [0.4, 0.5) is 0 Å². The number of rotatable bonds is 12. The number of esters is 1. The molecule has 1 aliphatic carbocycles. The molecule has 0 radical (unpaired) electrons. The third kappa shape index (κ3) is 4.30. The van der Waals surface area contributed by atoms with Crippen LogP contribution in [-0.2, 0) is 23.9 Å². The van der Waals surface area contributed by atoms with Crippen molar-refractivity contribution in [3.63, 3.8) is 0 Å². The van der Waals surface area contributed by atoms with Crippen molar-refractivity contribution in [3.8, 4) is 0 Å². The van der Waals surface area contributed by atoms with Crippen molar-refractivity contribution in [2.75, 3.05) is 26.3 Å². The number of hydrogen-bond acceptors (Lipinski definition) is 6. The number of likely N-dealkylation sites (tertiary alicyclic amines) is 1. The van der Waals surface area contributed by atoms with Crippen molar-refractivity contribution in [1.29, 1.82) is 0 Å². The smallest absolute Gasteiger partial charge is 0.312 e. The molecule has 3 heterocycles. The van der Waals surface area contributed by atoms with Gasteiger partial charge in [0.05, 0.1) is 18.1 Å². The molecule has 1 spiro atoms. The van der Waals surface area contributed by atoms with Crippen LogP contribution in [-0.4, -0.2) is 82.3 Å². The summed E-state index contributed by atoms with van der Waals surface area (Å²) in [6.45, 7) is 10.3. The third-order valence-electron chi connectivity index (χ3n) is 8.92. The highest BCUT2D eigenvalue weighted by molar-refractivity contribution is 5.98. The molecule has 0 aromatic carbocycles. The molecule has 8 nitrogen and oxygen atoms in total. The first kappa shape index (κ1) is 26.9. The summed E-state index contributed by atoms with van der Waals surface area (Å²) in [6, 6.07) is -0.712. The zero-order valence-electron chi connectivity index (χ0n) is 21.7. The SMILES string of the molecule is C=CCCOC(=O)[C@@H]1[C@H]2C(=O)N(CCCO)C(C(=O)N(CC=C)C3CCCCC3)C23CC[C@@]1(CC)O3. The average Bonchev–Trinajstić information content (AvgIpc) is 3.49. The van der Waals surface area contributed by atoms with Gasteiger partial charge in [-0.25, -0.2) is 0 Å². The van der Waals surface area contributed by atoms with E-state index in [-0.39, 0.29) is 37.6 Å². The fraction of sp³-hybridized carbons (Fsp3) is 0.750. The van der Waals surface area contributed by atoms with Crippen LogP contribution in [0.15, 0.2) is 25.3 Å². The summed E-state index contributed by atoms with van der Waals surface area (Å²) in [6.07, 6.45) is 11.2. The van der Waals surface area contributed by atoms with E-state index in [1.807, 2.05) is 11.8 Å². The summed E-state index contributed by atoms with van der Waals surface area (Å²) in [7, 11) is 0. The van der Waals surface area contributed by atoms with E-state index in [0.29, 0.717) is 38.6 Å². The Morgan fingerprint density at radius 3 is 2.61 bits per heavy atom. The molecule has 4 rings (SSSR count). The molecule has 5 atom stereocenters. The lowest BCUT2D eigenvalue weighted by Gasteiger charge is -2.40. The second-order valence-corrected chi connectivity index (χ2v) is 10.8. The lowest BCUT2D eigenvalue weighted by atomic mass is 9.65. The lowest BCUT2D eigenvalue weighted by molar-refractivity contribution is -0.162. The predicted octanol–water partition coefficient (Wildman–Crippen LogP) is 2.99. The van der Waals surface area contributed by atoms with Crippen molar-refractivity contribution in [3.05, 3.63) is 25.3 Å². The first-order chi connectivity index (χ1) is 17.4. The largest absolute Gasteiger partial charge is 0.465 e. The molecule has 4 aliphatic rings. The molecule has 36 heavy (non-hydrogen) atoms. The van der Waals surface area contributed by atoms with Crippen molar-refractivity contribution in [2.45, 2.75) is 94.4 Å². The minimum atomic E-state index is -1.06. The summed E-state index contributed by atoms with van der Waals surface area (Å²) >= 11 is 0. The second kappa shape index (κ2) is 11.1. The Kier molecular flexibility index (Phi) is 8.25. The molecule has 200 valence electrons. The highest BCUT2D eigenvalue weighted by atomic mass is 16.6. The van der Waals surface area contributed by atoms with Gasteiger partial charge in [0.25, 0.3) is 0 Å². The van der Waals surface area contributed by atoms with Gasteiger partial charge in [0.1, 0.15) is 17.6 Å². The van der Waals surface area contributed by atoms with Gasteiger partial charge >= 0.3 is 5.97 Å². The van der Waals surface area contributed by atoms with Crippen LogP contribution in [0.5, 0.6) is 0 Å². The Morgan fingerprint density at radius 1 is 1.22 bits per heavy atom. The van der Waals surface area contributed by atoms with Crippen LogP contribution in [0.25, 0.3) is 0 Å². The number of nitrogens with zero attached hydrogens (tertiary/aromatic N) is 2. The molecular formula is C28H42N2O6. The molecule has 1 saturated carbocycles. The van der Waals surface area contributed by atoms with E-state index in [1.54, 1.807) is 17.1 Å². The maximum absolute atomic E-state index is 14.4. The average molecular weight is 503 g/mol. The molecule has 1 N–H and O–H groups in total. The van der Waals surface area contributed by atoms with Crippen LogP contribution < -0.4 is 0 Å². The van der Waals surface area contributed by atoms with E-state index in [9.17, 15) is 19.5 Å². The van der Waals surface area contributed by atoms with Crippen LogP contribution in [0.1, 0.15) is 71.1 Å². The summed E-state index contributed by atoms with van der Waals surface area (Å²) in [5.41, 5.74) is -1.86. The second-order valence-electron chi connectivity index (χ2n) is 10.8. The quantitative estimate of drug-likeness (QED) is 0.250. The molecule has 0 aromatic rings. The zero-order chi connectivity index (χ0) is 25.9. The summed E-state index contributed by atoms with van der Waals surface area (Å²) in [4.78, 5) is 45.2. The van der Waals surface area contributed by atoms with Gasteiger partial charge in [-0.1, -0.05) is 38.3 Å². The minimum absolute atomic E-state index is 0.0892. The van der Waals surface area contributed by atoms with Crippen LogP contribution in [0.2, 0.25) is 0 Å². The molecular weight excluding hydrogens is 460 g/mol. The normalized spacial score (nSPS) is 33.4. The maximum Gasteiger partial charge on any atom is 0.312 e. The van der Waals surface area contributed by atoms with Gasteiger partial charge in [-0.05, 0) is 44.9 Å². The number of aliphatic hydroxyl groups is 1. The van der Waals surface area contributed by atoms with E-state index in [1.165, 1.54) is 6.42 Å². The highest BCUT2D eigenvalue weighted by Gasteiger charge is 2.79. The highest BCUT2D eigenvalue weighted by Crippen LogP contribution is 2.64. The Labute approximate surface area is 214 Å². The molecule has 8 heteroatoms. The standard InChI is InChI=1S/C28H42N2O6/c1-4-7-19-35-26(34)22-21-24(32)30(17-11-18-31)23(28(21)15-14-27(22,6-3)36-28)25(33)29(16-5-2)20-12-9-8-10-13-20/h4-5,20-23,31H,1-2,6-19H2,3H3/t21-,22-,23?,27+,28?/m0/s1. The molecule has 2 amide bonds. The van der Waals surface area contributed by atoms with E-state index in [2.05, 4.69) is 13.2 Å². The number of carbonyl (C=O) groups is 3. The topological polar surface area (TPSA) is 96.4 Å². The fourth-order valence-corrected chi connectivity index (χ4v) is 7.28. The predicted molar refractivity (Wildman–Crippen MR) is 135 cm³/mol. The Hall–Kier alpha value is -2.19. The Bertz CT molecular complexity index is 870. The van der Waals surface area contributed by atoms with Gasteiger partial charge in [-0.2, -0.15) is 0 Å². The molecule has 0 aromatic heterocycles. The van der Waals surface area contributed by atoms with Crippen LogP contribution in [0, 0.1) is 11.8 Å². The van der Waals surface area contributed by atoms with Crippen molar-refractivity contribution < 1.29 is 29.0 Å². The van der Waals surface area contributed by atoms with Gasteiger partial charge in [0.2, 0.25) is 11.8 Å². The van der Waals surface area contributed by atoms with Gasteiger partial charge in [0.15, 0.2) is 0 Å². The van der Waals surface area contributed by atoms with Crippen molar-refractivity contribution >= 4 is 17.8 Å². The maximum atomic E-state index is 14.4. The molecule has 2 bridgehead atoms. The molecule has 3 saturated heterocycles. The Balaban J connectivity index is 1.72. The van der Waals surface area contributed by atoms with Crippen LogP contribution in [0.3, 0.4) is 0 Å². The van der Waals surface area contributed by atoms with Gasteiger partial charge in [-0.15, -0.1) is 13.2 Å². The summed E-state index contributed by atoms with van der Waals surface area (Å²) < 4.78 is 12.4. The number of ether oxygens (including phenoxy) is 2. The van der Waals surface area contributed by atoms with Crippen molar-refractivity contribution in [1.82, 2.24) is 9.80 Å². The van der Waals surface area contributed by atoms with Gasteiger partial charge < -0.3 is 24.4 Å². The minimum Gasteiger partial charge on any atom is -0.465 e. The third-order valence-corrected chi connectivity index (χ3v) is 8.92. The fourth-order valence-electron chi connectivity index (χ4n) is 7.28. The van der Waals surface area contributed by atoms with Gasteiger partial charge in [-0.3, -0.25) is 14.4 Å². The Morgan fingerprint density at radius 2 is 1.97 bits per heavy atom. The monoisotopic (exact) mass is 502 g/mol. The van der Waals surface area contributed by atoms with Crippen LogP contribution >= 0.6 is 0 Å². The number of carbonyl (C=O) groups excluding carboxylic acids is 3. The first-order valence-corrected chi connectivity index (χ1v) is 13.7. The van der Waals surface area contributed by atoms with E-state index in [4.69, 9.17) is 9.47 Å². The number of fused-ring (bicyclic) bond motifs is 1. The van der Waals surface area contributed by atoms with Crippen molar-refractivity contribution in [2.24, 2.45) is 11.8 Å². The lowest BCUT2D eigenvalue weighted by Crippen LogP contribution is -2.58. The number of amides is 2. The van der Waals surface area contributed by atoms with Gasteiger partial charge in [0, 0.05) is 25.7 Å². The first-order valence-electron chi connectivity index (χ1n) is 13.7. The zero-order valence-corrected chi connectivity index (χ0v) is 21.7. The molecule has 2 unspecified atom stereocenters. The summed E-state index contributed by atoms with van der Waals surface area (Å²) in [5.74, 6) is -2.28.